The zero-order chi connectivity index (χ0) is 12.9. The van der Waals surface area contributed by atoms with Crippen LogP contribution in [0.15, 0.2) is 0 Å². The SMILES string of the molecule is CCCNCC1CCCN(S(=O)(=O)C(C)C)C1. The summed E-state index contributed by atoms with van der Waals surface area (Å²) in [5.41, 5.74) is 0. The molecule has 5 heteroatoms. The fourth-order valence-corrected chi connectivity index (χ4v) is 3.60. The molecule has 1 atom stereocenters. The van der Waals surface area contributed by atoms with E-state index < -0.39 is 10.0 Å². The maximum absolute atomic E-state index is 12.1. The highest BCUT2D eigenvalue weighted by Crippen LogP contribution is 2.20. The molecule has 1 heterocycles. The monoisotopic (exact) mass is 262 g/mol. The van der Waals surface area contributed by atoms with Crippen molar-refractivity contribution < 1.29 is 8.42 Å². The molecule has 102 valence electrons. The van der Waals surface area contributed by atoms with Crippen LogP contribution < -0.4 is 5.32 Å². The summed E-state index contributed by atoms with van der Waals surface area (Å²) in [5.74, 6) is 0.476. The van der Waals surface area contributed by atoms with Crippen LogP contribution in [0, 0.1) is 5.92 Å². The first-order chi connectivity index (χ1) is 7.98. The summed E-state index contributed by atoms with van der Waals surface area (Å²) in [6.45, 7) is 9.01. The van der Waals surface area contributed by atoms with Crippen LogP contribution in [0.5, 0.6) is 0 Å². The van der Waals surface area contributed by atoms with E-state index in [0.717, 1.165) is 32.4 Å². The van der Waals surface area contributed by atoms with Crippen LogP contribution in [0.4, 0.5) is 0 Å². The Bertz CT molecular complexity index is 314. The van der Waals surface area contributed by atoms with Gasteiger partial charge < -0.3 is 5.32 Å². The standard InChI is InChI=1S/C12H26N2O2S/c1-4-7-13-9-12-6-5-8-14(10-12)17(15,16)11(2)3/h11-13H,4-10H2,1-3H3. The Morgan fingerprint density at radius 3 is 2.71 bits per heavy atom. The Labute approximate surface area is 106 Å². The molecule has 0 aromatic heterocycles. The highest BCUT2D eigenvalue weighted by atomic mass is 32.2. The molecule has 1 saturated heterocycles. The average Bonchev–Trinajstić information content (AvgIpc) is 2.29. The highest BCUT2D eigenvalue weighted by Gasteiger charge is 2.30. The van der Waals surface area contributed by atoms with Crippen molar-refractivity contribution in [2.24, 2.45) is 5.92 Å². The fraction of sp³-hybridized carbons (Fsp3) is 1.00. The summed E-state index contributed by atoms with van der Waals surface area (Å²) in [6.07, 6.45) is 3.26. The number of piperidine rings is 1. The molecule has 0 amide bonds. The predicted octanol–water partition coefficient (Wildman–Crippen LogP) is 1.44. The fourth-order valence-electron chi connectivity index (χ4n) is 2.21. The molecule has 17 heavy (non-hydrogen) atoms. The molecular weight excluding hydrogens is 236 g/mol. The van der Waals surface area contributed by atoms with Gasteiger partial charge in [0.15, 0.2) is 0 Å². The summed E-state index contributed by atoms with van der Waals surface area (Å²) in [4.78, 5) is 0. The van der Waals surface area contributed by atoms with Crippen LogP contribution in [-0.4, -0.2) is 44.2 Å². The van der Waals surface area contributed by atoms with Gasteiger partial charge in [-0.05, 0) is 52.1 Å². The van der Waals surface area contributed by atoms with Crippen LogP contribution in [0.1, 0.15) is 40.0 Å². The quantitative estimate of drug-likeness (QED) is 0.737. The van der Waals surface area contributed by atoms with Crippen molar-refractivity contribution in [1.82, 2.24) is 9.62 Å². The molecule has 1 fully saturated rings. The molecule has 0 aromatic rings. The summed E-state index contributed by atoms with van der Waals surface area (Å²) in [6, 6.07) is 0. The zero-order valence-electron chi connectivity index (χ0n) is 11.3. The van der Waals surface area contributed by atoms with E-state index in [0.29, 0.717) is 19.0 Å². The Kier molecular flexibility index (Phi) is 5.89. The van der Waals surface area contributed by atoms with E-state index in [1.165, 1.54) is 0 Å². The number of hydrogen-bond acceptors (Lipinski definition) is 3. The molecule has 1 unspecified atom stereocenters. The van der Waals surface area contributed by atoms with Crippen LogP contribution in [0.25, 0.3) is 0 Å². The lowest BCUT2D eigenvalue weighted by atomic mass is 10.00. The molecule has 0 aliphatic carbocycles. The summed E-state index contributed by atoms with van der Waals surface area (Å²) >= 11 is 0. The lowest BCUT2D eigenvalue weighted by molar-refractivity contribution is 0.259. The van der Waals surface area contributed by atoms with Gasteiger partial charge in [0, 0.05) is 13.1 Å². The Hall–Kier alpha value is -0.130. The smallest absolute Gasteiger partial charge is 0.216 e. The first kappa shape index (κ1) is 14.9. The zero-order valence-corrected chi connectivity index (χ0v) is 12.1. The number of sulfonamides is 1. The van der Waals surface area contributed by atoms with Crippen LogP contribution in [0.2, 0.25) is 0 Å². The highest BCUT2D eigenvalue weighted by molar-refractivity contribution is 7.89. The lowest BCUT2D eigenvalue weighted by Gasteiger charge is -2.33. The molecule has 0 aromatic carbocycles. The van der Waals surface area contributed by atoms with Gasteiger partial charge in [-0.3, -0.25) is 0 Å². The minimum atomic E-state index is -3.06. The number of nitrogens with one attached hydrogen (secondary N) is 1. The summed E-state index contributed by atoms with van der Waals surface area (Å²) < 4.78 is 25.8. The predicted molar refractivity (Wildman–Crippen MR) is 71.5 cm³/mol. The third-order valence-electron chi connectivity index (χ3n) is 3.30. The Morgan fingerprint density at radius 2 is 2.12 bits per heavy atom. The molecule has 0 radical (unpaired) electrons. The minimum Gasteiger partial charge on any atom is -0.316 e. The van der Waals surface area contributed by atoms with Crippen LogP contribution >= 0.6 is 0 Å². The molecule has 4 nitrogen and oxygen atoms in total. The third-order valence-corrected chi connectivity index (χ3v) is 5.54. The largest absolute Gasteiger partial charge is 0.316 e. The van der Waals surface area contributed by atoms with E-state index >= 15 is 0 Å². The third kappa shape index (κ3) is 4.23. The minimum absolute atomic E-state index is 0.301. The normalized spacial score (nSPS) is 23.2. The summed E-state index contributed by atoms with van der Waals surface area (Å²) in [5, 5.41) is 3.08. The second-order valence-electron chi connectivity index (χ2n) is 5.16. The lowest BCUT2D eigenvalue weighted by Crippen LogP contribution is -2.45. The van der Waals surface area contributed by atoms with Crippen LogP contribution in [0.3, 0.4) is 0 Å². The van der Waals surface area contributed by atoms with Crippen molar-refractivity contribution in [3.05, 3.63) is 0 Å². The first-order valence-electron chi connectivity index (χ1n) is 6.68. The van der Waals surface area contributed by atoms with Gasteiger partial charge in [-0.25, -0.2) is 12.7 Å². The first-order valence-corrected chi connectivity index (χ1v) is 8.18. The van der Waals surface area contributed by atoms with Crippen molar-refractivity contribution in [3.8, 4) is 0 Å². The maximum atomic E-state index is 12.1. The van der Waals surface area contributed by atoms with Crippen molar-refractivity contribution in [2.45, 2.75) is 45.3 Å². The number of rotatable bonds is 6. The molecule has 1 N–H and O–H groups in total. The van der Waals surface area contributed by atoms with Crippen molar-refractivity contribution in [2.75, 3.05) is 26.2 Å². The molecule has 1 rings (SSSR count). The summed E-state index contributed by atoms with van der Waals surface area (Å²) in [7, 11) is -3.06. The van der Waals surface area contributed by atoms with Gasteiger partial charge in [-0.15, -0.1) is 0 Å². The molecule has 1 aliphatic rings. The van der Waals surface area contributed by atoms with Crippen LogP contribution in [-0.2, 0) is 10.0 Å². The average molecular weight is 262 g/mol. The van der Waals surface area contributed by atoms with E-state index in [1.807, 2.05) is 0 Å². The Morgan fingerprint density at radius 1 is 1.41 bits per heavy atom. The van der Waals surface area contributed by atoms with Crippen molar-refractivity contribution in [3.63, 3.8) is 0 Å². The van der Waals surface area contributed by atoms with E-state index in [1.54, 1.807) is 18.2 Å². The maximum Gasteiger partial charge on any atom is 0.216 e. The van der Waals surface area contributed by atoms with Crippen molar-refractivity contribution >= 4 is 10.0 Å². The van der Waals surface area contributed by atoms with Crippen molar-refractivity contribution in [1.29, 1.82) is 0 Å². The number of nitrogens with zero attached hydrogens (tertiary/aromatic N) is 1. The van der Waals surface area contributed by atoms with Gasteiger partial charge in [0.05, 0.1) is 5.25 Å². The molecule has 0 spiro atoms. The molecular formula is C12H26N2O2S. The van der Waals surface area contributed by atoms with Gasteiger partial charge in [0.1, 0.15) is 0 Å². The Balaban J connectivity index is 2.49. The van der Waals surface area contributed by atoms with Gasteiger partial charge >= 0.3 is 0 Å². The molecule has 0 bridgehead atoms. The van der Waals surface area contributed by atoms with Gasteiger partial charge in [-0.2, -0.15) is 0 Å². The van der Waals surface area contributed by atoms with Gasteiger partial charge in [0.2, 0.25) is 10.0 Å². The van der Waals surface area contributed by atoms with E-state index in [-0.39, 0.29) is 5.25 Å². The van der Waals surface area contributed by atoms with E-state index in [2.05, 4.69) is 12.2 Å². The molecule has 1 aliphatic heterocycles. The molecule has 0 saturated carbocycles. The van der Waals surface area contributed by atoms with Gasteiger partial charge in [0.25, 0.3) is 0 Å². The number of hydrogen-bond donors (Lipinski definition) is 1. The van der Waals surface area contributed by atoms with E-state index in [4.69, 9.17) is 0 Å². The van der Waals surface area contributed by atoms with E-state index in [9.17, 15) is 8.42 Å². The topological polar surface area (TPSA) is 49.4 Å². The van der Waals surface area contributed by atoms with Gasteiger partial charge in [-0.1, -0.05) is 6.92 Å². The second-order valence-corrected chi connectivity index (χ2v) is 7.65. The second kappa shape index (κ2) is 6.71.